The van der Waals surface area contributed by atoms with Crippen molar-refractivity contribution >= 4 is 21.9 Å². The number of hydrogen-bond acceptors (Lipinski definition) is 5. The zero-order chi connectivity index (χ0) is 17.9. The molecule has 0 radical (unpaired) electrons. The van der Waals surface area contributed by atoms with Gasteiger partial charge >= 0.3 is 5.97 Å². The van der Waals surface area contributed by atoms with E-state index in [0.717, 1.165) is 19.3 Å². The summed E-state index contributed by atoms with van der Waals surface area (Å²) in [6, 6.07) is 4.33. The Morgan fingerprint density at radius 2 is 1.83 bits per heavy atom. The number of nitrogens with two attached hydrogens (primary N) is 1. The lowest BCUT2D eigenvalue weighted by Gasteiger charge is -2.26. The first-order valence-corrected chi connectivity index (χ1v) is 9.28. The van der Waals surface area contributed by atoms with E-state index in [4.69, 9.17) is 10.5 Å². The molecule has 24 heavy (non-hydrogen) atoms. The molecule has 8 heteroatoms. The number of sulfonamides is 1. The smallest absolute Gasteiger partial charge is 0.338 e. The molecule has 7 nitrogen and oxygen atoms in total. The zero-order valence-electron chi connectivity index (χ0n) is 13.8. The number of rotatable bonds is 5. The van der Waals surface area contributed by atoms with E-state index in [1.807, 2.05) is 0 Å². The molecule has 0 aromatic heterocycles. The summed E-state index contributed by atoms with van der Waals surface area (Å²) in [6.45, 7) is 4.00. The maximum atomic E-state index is 12.8. The Hall–Kier alpha value is -1.93. The minimum Gasteiger partial charge on any atom is -0.449 e. The first-order valence-electron chi connectivity index (χ1n) is 7.84. The number of hydrogen-bond donors (Lipinski definition) is 1. The Kier molecular flexibility index (Phi) is 5.61. The van der Waals surface area contributed by atoms with Crippen molar-refractivity contribution in [1.29, 1.82) is 0 Å². The molecule has 132 valence electrons. The van der Waals surface area contributed by atoms with Crippen LogP contribution >= 0.6 is 0 Å². The van der Waals surface area contributed by atoms with Crippen molar-refractivity contribution in [3.05, 3.63) is 29.3 Å². The van der Waals surface area contributed by atoms with Gasteiger partial charge in [0, 0.05) is 13.1 Å². The van der Waals surface area contributed by atoms with Gasteiger partial charge in [0.2, 0.25) is 10.0 Å². The van der Waals surface area contributed by atoms with Crippen molar-refractivity contribution in [2.45, 2.75) is 44.1 Å². The number of nitrogens with zero attached hydrogens (tertiary/aromatic N) is 1. The molecule has 0 saturated carbocycles. The van der Waals surface area contributed by atoms with Crippen molar-refractivity contribution in [1.82, 2.24) is 4.31 Å². The highest BCUT2D eigenvalue weighted by Gasteiger charge is 2.28. The highest BCUT2D eigenvalue weighted by molar-refractivity contribution is 7.89. The predicted octanol–water partition coefficient (Wildman–Crippen LogP) is 1.20. The molecule has 1 heterocycles. The van der Waals surface area contributed by atoms with E-state index in [-0.39, 0.29) is 10.5 Å². The fourth-order valence-electron chi connectivity index (χ4n) is 2.54. The van der Waals surface area contributed by atoms with Crippen molar-refractivity contribution < 1.29 is 22.7 Å². The van der Waals surface area contributed by atoms with Crippen LogP contribution in [0.2, 0.25) is 0 Å². The van der Waals surface area contributed by atoms with Crippen LogP contribution in [0.1, 0.15) is 42.1 Å². The highest BCUT2D eigenvalue weighted by atomic mass is 32.2. The normalized spacial score (nSPS) is 17.2. The number of ether oxygens (including phenoxy) is 1. The lowest BCUT2D eigenvalue weighted by atomic mass is 10.1. The van der Waals surface area contributed by atoms with Gasteiger partial charge in [0.25, 0.3) is 5.91 Å². The summed E-state index contributed by atoms with van der Waals surface area (Å²) in [4.78, 5) is 23.2. The Morgan fingerprint density at radius 3 is 2.42 bits per heavy atom. The highest BCUT2D eigenvalue weighted by Crippen LogP contribution is 2.24. The number of aryl methyl sites for hydroxylation is 1. The molecule has 2 N–H and O–H groups in total. The van der Waals surface area contributed by atoms with Gasteiger partial charge in [-0.3, -0.25) is 4.79 Å². The molecule has 1 aliphatic rings. The van der Waals surface area contributed by atoms with E-state index in [1.54, 1.807) is 13.0 Å². The van der Waals surface area contributed by atoms with Gasteiger partial charge < -0.3 is 10.5 Å². The zero-order valence-corrected chi connectivity index (χ0v) is 14.6. The number of amides is 1. The Bertz CT molecular complexity index is 739. The average molecular weight is 354 g/mol. The molecular weight excluding hydrogens is 332 g/mol. The standard InChI is InChI=1S/C16H22N2O5S/c1-11-6-7-13(16(20)23-12(2)15(17)19)10-14(11)24(21,22)18-8-4-3-5-9-18/h6-7,10,12H,3-5,8-9H2,1-2H3,(H2,17,19)/t12-/m1/s1. The van der Waals surface area contributed by atoms with Crippen LogP contribution in [-0.4, -0.2) is 43.8 Å². The molecule has 0 bridgehead atoms. The number of primary amides is 1. The van der Waals surface area contributed by atoms with Crippen LogP contribution in [0.15, 0.2) is 23.1 Å². The third kappa shape index (κ3) is 3.93. The largest absolute Gasteiger partial charge is 0.449 e. The van der Waals surface area contributed by atoms with Crippen LogP contribution in [0, 0.1) is 6.92 Å². The summed E-state index contributed by atoms with van der Waals surface area (Å²) in [5.74, 6) is -1.55. The third-order valence-electron chi connectivity index (χ3n) is 4.04. The molecular formula is C16H22N2O5S. The van der Waals surface area contributed by atoms with Gasteiger partial charge in [-0.2, -0.15) is 4.31 Å². The van der Waals surface area contributed by atoms with Gasteiger partial charge in [0.05, 0.1) is 10.5 Å². The second kappa shape index (κ2) is 7.31. The Morgan fingerprint density at radius 1 is 1.21 bits per heavy atom. The molecule has 0 unspecified atom stereocenters. The maximum Gasteiger partial charge on any atom is 0.338 e. The summed E-state index contributed by atoms with van der Waals surface area (Å²) in [5, 5.41) is 0. The summed E-state index contributed by atoms with van der Waals surface area (Å²) in [6.07, 6.45) is 1.59. The fraction of sp³-hybridized carbons (Fsp3) is 0.500. The van der Waals surface area contributed by atoms with Gasteiger partial charge in [0.15, 0.2) is 6.10 Å². The molecule has 1 atom stereocenters. The van der Waals surface area contributed by atoms with Crippen molar-refractivity contribution in [3.63, 3.8) is 0 Å². The number of benzene rings is 1. The fourth-order valence-corrected chi connectivity index (χ4v) is 4.30. The van der Waals surface area contributed by atoms with Crippen molar-refractivity contribution in [2.75, 3.05) is 13.1 Å². The van der Waals surface area contributed by atoms with E-state index in [9.17, 15) is 18.0 Å². The van der Waals surface area contributed by atoms with Crippen LogP contribution in [0.5, 0.6) is 0 Å². The topological polar surface area (TPSA) is 107 Å². The average Bonchev–Trinajstić information content (AvgIpc) is 2.55. The molecule has 1 aromatic carbocycles. The molecule has 0 spiro atoms. The third-order valence-corrected chi connectivity index (χ3v) is 6.08. The van der Waals surface area contributed by atoms with Gasteiger partial charge in [-0.15, -0.1) is 0 Å². The van der Waals surface area contributed by atoms with Gasteiger partial charge in [-0.1, -0.05) is 12.5 Å². The lowest BCUT2D eigenvalue weighted by molar-refractivity contribution is -0.125. The van der Waals surface area contributed by atoms with Crippen LogP contribution in [0.4, 0.5) is 0 Å². The van der Waals surface area contributed by atoms with E-state index < -0.39 is 28.0 Å². The second-order valence-electron chi connectivity index (χ2n) is 5.89. The number of esters is 1. The van der Waals surface area contributed by atoms with Gasteiger partial charge in [0.1, 0.15) is 0 Å². The van der Waals surface area contributed by atoms with Crippen LogP contribution in [-0.2, 0) is 19.6 Å². The second-order valence-corrected chi connectivity index (χ2v) is 7.80. The Labute approximate surface area is 141 Å². The number of carbonyl (C=O) groups is 2. The van der Waals surface area contributed by atoms with E-state index in [1.165, 1.54) is 23.4 Å². The van der Waals surface area contributed by atoms with E-state index >= 15 is 0 Å². The molecule has 1 amide bonds. The summed E-state index contributed by atoms with van der Waals surface area (Å²) in [7, 11) is -3.66. The van der Waals surface area contributed by atoms with Crippen LogP contribution in [0.25, 0.3) is 0 Å². The number of carbonyl (C=O) groups excluding carboxylic acids is 2. The molecule has 1 saturated heterocycles. The number of piperidine rings is 1. The van der Waals surface area contributed by atoms with Crippen LogP contribution < -0.4 is 5.73 Å². The van der Waals surface area contributed by atoms with Crippen molar-refractivity contribution in [3.8, 4) is 0 Å². The molecule has 0 aliphatic carbocycles. The molecule has 2 rings (SSSR count). The summed E-state index contributed by atoms with van der Waals surface area (Å²) >= 11 is 0. The monoisotopic (exact) mass is 354 g/mol. The minimum atomic E-state index is -3.66. The molecule has 1 fully saturated rings. The first kappa shape index (κ1) is 18.4. The summed E-state index contributed by atoms with van der Waals surface area (Å²) in [5.41, 5.74) is 5.69. The quantitative estimate of drug-likeness (QED) is 0.800. The van der Waals surface area contributed by atoms with Gasteiger partial charge in [-0.05, 0) is 44.4 Å². The predicted molar refractivity (Wildman–Crippen MR) is 87.9 cm³/mol. The Balaban J connectivity index is 2.31. The van der Waals surface area contributed by atoms with E-state index in [2.05, 4.69) is 0 Å². The van der Waals surface area contributed by atoms with E-state index in [0.29, 0.717) is 18.7 Å². The van der Waals surface area contributed by atoms with Crippen molar-refractivity contribution in [2.24, 2.45) is 5.73 Å². The summed E-state index contributed by atoms with van der Waals surface area (Å²) < 4.78 is 32.0. The van der Waals surface area contributed by atoms with Gasteiger partial charge in [-0.25, -0.2) is 13.2 Å². The van der Waals surface area contributed by atoms with Crippen LogP contribution in [0.3, 0.4) is 0 Å². The lowest BCUT2D eigenvalue weighted by Crippen LogP contribution is -2.36. The molecule has 1 aliphatic heterocycles. The molecule has 1 aromatic rings. The minimum absolute atomic E-state index is 0.0734. The maximum absolute atomic E-state index is 12.8. The first-order chi connectivity index (χ1) is 11.2. The SMILES string of the molecule is Cc1ccc(C(=O)O[C@H](C)C(N)=O)cc1S(=O)(=O)N1CCCCC1.